The molecule has 0 spiro atoms. The Morgan fingerprint density at radius 2 is 1.97 bits per heavy atom. The van der Waals surface area contributed by atoms with E-state index in [-0.39, 0.29) is 17.3 Å². The summed E-state index contributed by atoms with van der Waals surface area (Å²) in [4.78, 5) is 19.2. The molecule has 1 amide bonds. The highest BCUT2D eigenvalue weighted by Crippen LogP contribution is 2.31. The van der Waals surface area contributed by atoms with Gasteiger partial charge in [0.25, 0.3) is 0 Å². The van der Waals surface area contributed by atoms with Gasteiger partial charge < -0.3 is 10.2 Å². The van der Waals surface area contributed by atoms with E-state index in [1.165, 1.54) is 17.8 Å². The molecule has 5 nitrogen and oxygen atoms in total. The summed E-state index contributed by atoms with van der Waals surface area (Å²) in [5.74, 6) is -0.508. The second kappa shape index (κ2) is 8.92. The van der Waals surface area contributed by atoms with Gasteiger partial charge in [0.1, 0.15) is 11.5 Å². The van der Waals surface area contributed by atoms with Crippen molar-refractivity contribution in [1.82, 2.24) is 9.55 Å². The van der Waals surface area contributed by atoms with Crippen LogP contribution in [-0.2, 0) is 4.79 Å². The molecule has 7 heteroatoms. The van der Waals surface area contributed by atoms with Crippen LogP contribution in [0.4, 0.5) is 15.8 Å². The fraction of sp³-hybridized carbons (Fsp3) is 0.304. The van der Waals surface area contributed by atoms with Gasteiger partial charge in [-0.3, -0.25) is 9.36 Å². The third-order valence-corrected chi connectivity index (χ3v) is 6.23. The largest absolute Gasteiger partial charge is 0.370 e. The number of thioether (sulfide) groups is 1. The summed E-state index contributed by atoms with van der Waals surface area (Å²) in [6, 6.07) is 11.2. The van der Waals surface area contributed by atoms with Crippen LogP contribution in [0.2, 0.25) is 0 Å². The Morgan fingerprint density at radius 3 is 2.77 bits per heavy atom. The van der Waals surface area contributed by atoms with Gasteiger partial charge in [0, 0.05) is 25.5 Å². The van der Waals surface area contributed by atoms with Crippen molar-refractivity contribution < 1.29 is 9.18 Å². The van der Waals surface area contributed by atoms with Gasteiger partial charge >= 0.3 is 0 Å². The first-order valence-electron chi connectivity index (χ1n) is 10.1. The molecule has 0 radical (unpaired) electrons. The molecule has 2 heterocycles. The lowest BCUT2D eigenvalue weighted by molar-refractivity contribution is -0.113. The van der Waals surface area contributed by atoms with E-state index in [0.29, 0.717) is 0 Å². The maximum atomic E-state index is 14.5. The van der Waals surface area contributed by atoms with E-state index in [4.69, 9.17) is 0 Å². The number of aryl methyl sites for hydroxylation is 2. The SMILES string of the molecule is Cc1ccc(C)c(-n2ccnc2SCC(=O)Nc2c(F)cccc2N2CCCC2)c1. The van der Waals surface area contributed by atoms with Crippen LogP contribution in [0.25, 0.3) is 5.69 Å². The van der Waals surface area contributed by atoms with Crippen molar-refractivity contribution in [3.63, 3.8) is 0 Å². The number of anilines is 2. The van der Waals surface area contributed by atoms with Crippen LogP contribution in [0.3, 0.4) is 0 Å². The first kappa shape index (κ1) is 20.5. The normalized spacial score (nSPS) is 13.6. The second-order valence-corrected chi connectivity index (χ2v) is 8.48. The zero-order valence-electron chi connectivity index (χ0n) is 17.2. The van der Waals surface area contributed by atoms with Gasteiger partial charge in [-0.05, 0) is 56.0 Å². The number of benzene rings is 2. The Bertz CT molecular complexity index is 1060. The highest BCUT2D eigenvalue weighted by atomic mass is 32.2. The molecule has 0 atom stereocenters. The van der Waals surface area contributed by atoms with E-state index in [1.54, 1.807) is 12.3 Å². The Hall–Kier alpha value is -2.80. The molecular weight excluding hydrogens is 399 g/mol. The zero-order valence-corrected chi connectivity index (χ0v) is 18.0. The fourth-order valence-electron chi connectivity index (χ4n) is 3.72. The summed E-state index contributed by atoms with van der Waals surface area (Å²) in [6.45, 7) is 5.86. The van der Waals surface area contributed by atoms with Gasteiger partial charge in [-0.2, -0.15) is 0 Å². The predicted molar refractivity (Wildman–Crippen MR) is 120 cm³/mol. The maximum absolute atomic E-state index is 14.5. The monoisotopic (exact) mass is 424 g/mol. The van der Waals surface area contributed by atoms with E-state index in [1.807, 2.05) is 30.7 Å². The summed E-state index contributed by atoms with van der Waals surface area (Å²) < 4.78 is 16.5. The third kappa shape index (κ3) is 4.36. The zero-order chi connectivity index (χ0) is 21.1. The average Bonchev–Trinajstić information content (AvgIpc) is 3.42. The molecule has 156 valence electrons. The highest BCUT2D eigenvalue weighted by Gasteiger charge is 2.20. The van der Waals surface area contributed by atoms with Crippen LogP contribution in [0.15, 0.2) is 53.9 Å². The summed E-state index contributed by atoms with van der Waals surface area (Å²) in [7, 11) is 0. The standard InChI is InChI=1S/C23H25FN4OS/c1-16-8-9-17(2)20(14-16)28-13-10-25-23(28)30-15-21(29)26-22-18(24)6-5-7-19(22)27-11-3-4-12-27/h5-10,13-14H,3-4,11-12,15H2,1-2H3,(H,26,29). The molecule has 2 aromatic carbocycles. The summed E-state index contributed by atoms with van der Waals surface area (Å²) in [6.07, 6.45) is 5.79. The van der Waals surface area contributed by atoms with Gasteiger partial charge in [-0.1, -0.05) is 30.0 Å². The number of carbonyl (C=O) groups excluding carboxylic acids is 1. The Labute approximate surface area is 180 Å². The smallest absolute Gasteiger partial charge is 0.234 e. The molecule has 30 heavy (non-hydrogen) atoms. The van der Waals surface area contributed by atoms with E-state index in [0.717, 1.165) is 53.6 Å². The summed E-state index contributed by atoms with van der Waals surface area (Å²) in [5, 5.41) is 3.51. The number of nitrogens with one attached hydrogen (secondary N) is 1. The molecule has 1 N–H and O–H groups in total. The van der Waals surface area contributed by atoms with Crippen molar-refractivity contribution in [3.05, 3.63) is 65.7 Å². The molecule has 0 unspecified atom stereocenters. The quantitative estimate of drug-likeness (QED) is 0.568. The first-order chi connectivity index (χ1) is 14.5. The van der Waals surface area contributed by atoms with Gasteiger partial charge in [-0.15, -0.1) is 0 Å². The highest BCUT2D eigenvalue weighted by molar-refractivity contribution is 7.99. The number of hydrogen-bond donors (Lipinski definition) is 1. The van der Waals surface area contributed by atoms with Crippen LogP contribution in [-0.4, -0.2) is 34.3 Å². The van der Waals surface area contributed by atoms with Crippen molar-refractivity contribution in [2.75, 3.05) is 29.1 Å². The van der Waals surface area contributed by atoms with Crippen molar-refractivity contribution in [2.24, 2.45) is 0 Å². The Balaban J connectivity index is 1.47. The summed E-state index contributed by atoms with van der Waals surface area (Å²) >= 11 is 1.34. The number of hydrogen-bond acceptors (Lipinski definition) is 4. The lowest BCUT2D eigenvalue weighted by Gasteiger charge is -2.22. The van der Waals surface area contributed by atoms with E-state index < -0.39 is 5.82 Å². The van der Waals surface area contributed by atoms with Crippen LogP contribution in [0.1, 0.15) is 24.0 Å². The molecular formula is C23H25FN4OS. The minimum atomic E-state index is -0.408. The number of halogens is 1. The van der Waals surface area contributed by atoms with E-state index in [9.17, 15) is 9.18 Å². The Morgan fingerprint density at radius 1 is 1.17 bits per heavy atom. The third-order valence-electron chi connectivity index (χ3n) is 5.27. The molecule has 1 aliphatic heterocycles. The minimum Gasteiger partial charge on any atom is -0.370 e. The second-order valence-electron chi connectivity index (χ2n) is 7.53. The van der Waals surface area contributed by atoms with Gasteiger partial charge in [0.2, 0.25) is 5.91 Å². The lowest BCUT2D eigenvalue weighted by atomic mass is 10.1. The summed E-state index contributed by atoms with van der Waals surface area (Å²) in [5.41, 5.74) is 4.35. The number of para-hydroxylation sites is 1. The first-order valence-corrected chi connectivity index (χ1v) is 11.1. The number of carbonyl (C=O) groups is 1. The number of nitrogens with zero attached hydrogens (tertiary/aromatic N) is 3. The van der Waals surface area contributed by atoms with E-state index in [2.05, 4.69) is 33.4 Å². The van der Waals surface area contributed by atoms with Crippen molar-refractivity contribution in [3.8, 4) is 5.69 Å². The van der Waals surface area contributed by atoms with Crippen LogP contribution in [0.5, 0.6) is 0 Å². The minimum absolute atomic E-state index is 0.148. The van der Waals surface area contributed by atoms with Crippen LogP contribution in [0, 0.1) is 19.7 Å². The lowest BCUT2D eigenvalue weighted by Crippen LogP contribution is -2.22. The molecule has 4 rings (SSSR count). The molecule has 1 aliphatic rings. The fourth-order valence-corrected chi connectivity index (χ4v) is 4.49. The number of rotatable bonds is 6. The van der Waals surface area contributed by atoms with Crippen LogP contribution >= 0.6 is 11.8 Å². The van der Waals surface area contributed by atoms with Crippen molar-refractivity contribution in [1.29, 1.82) is 0 Å². The maximum Gasteiger partial charge on any atom is 0.234 e. The molecule has 0 aliphatic carbocycles. The molecule has 1 fully saturated rings. The molecule has 1 aromatic heterocycles. The van der Waals surface area contributed by atoms with Gasteiger partial charge in [0.05, 0.1) is 17.1 Å². The van der Waals surface area contributed by atoms with Gasteiger partial charge in [0.15, 0.2) is 5.16 Å². The molecule has 0 saturated carbocycles. The molecule has 3 aromatic rings. The topological polar surface area (TPSA) is 50.2 Å². The van der Waals surface area contributed by atoms with Crippen molar-refractivity contribution in [2.45, 2.75) is 31.8 Å². The number of amides is 1. The van der Waals surface area contributed by atoms with Crippen LogP contribution < -0.4 is 10.2 Å². The molecule has 0 bridgehead atoms. The number of imidazole rings is 1. The van der Waals surface area contributed by atoms with Crippen molar-refractivity contribution >= 4 is 29.0 Å². The van der Waals surface area contributed by atoms with Gasteiger partial charge in [-0.25, -0.2) is 9.37 Å². The van der Waals surface area contributed by atoms with E-state index >= 15 is 0 Å². The molecule has 1 saturated heterocycles. The Kier molecular flexibility index (Phi) is 6.08. The predicted octanol–water partition coefficient (Wildman–Crippen LogP) is 4.96. The number of aromatic nitrogens is 2. The average molecular weight is 425 g/mol.